The van der Waals surface area contributed by atoms with Crippen molar-refractivity contribution < 1.29 is 29.4 Å². The molecule has 0 atom stereocenters. The zero-order valence-electron chi connectivity index (χ0n) is 17.0. The lowest BCUT2D eigenvalue weighted by Gasteiger charge is -2.32. The summed E-state index contributed by atoms with van der Waals surface area (Å²) in [5.41, 5.74) is 1.73. The molecule has 0 aliphatic carbocycles. The number of Topliss-reactive ketones (excluding diaryl/α,β-unsaturated/α-hetero) is 1. The number of para-hydroxylation sites is 1. The molecule has 0 amide bonds. The molecule has 0 unspecified atom stereocenters. The number of hydrogen-bond donors (Lipinski definition) is 2. The number of rotatable bonds is 6. The SMILES string of the molecule is COc1ccccc1/C=C1\Oc2c(ccc([O-])c2C[NH+]2CCN(CCO)CC2)C1=O. The monoisotopic (exact) mass is 410 g/mol. The molecule has 0 saturated carbocycles. The molecule has 0 spiro atoms. The number of hydrogen-bond acceptors (Lipinski definition) is 6. The molecule has 158 valence electrons. The number of ketones is 1. The number of fused-ring (bicyclic) bond motifs is 1. The first-order valence-corrected chi connectivity index (χ1v) is 10.2. The van der Waals surface area contributed by atoms with Gasteiger partial charge in [-0.15, -0.1) is 0 Å². The van der Waals surface area contributed by atoms with E-state index in [1.165, 1.54) is 11.0 Å². The molecule has 1 saturated heterocycles. The van der Waals surface area contributed by atoms with Gasteiger partial charge in [0.05, 0.1) is 32.4 Å². The number of carbonyl (C=O) groups is 1. The summed E-state index contributed by atoms with van der Waals surface area (Å²) >= 11 is 0. The first-order valence-electron chi connectivity index (χ1n) is 10.2. The van der Waals surface area contributed by atoms with Gasteiger partial charge in [-0.3, -0.25) is 9.69 Å². The molecule has 0 aromatic heterocycles. The van der Waals surface area contributed by atoms with Crippen LogP contribution in [0.15, 0.2) is 42.2 Å². The Morgan fingerprint density at radius 2 is 2.00 bits per heavy atom. The van der Waals surface area contributed by atoms with E-state index in [0.717, 1.165) is 31.7 Å². The van der Waals surface area contributed by atoms with E-state index in [1.54, 1.807) is 19.3 Å². The van der Waals surface area contributed by atoms with Gasteiger partial charge in [0.2, 0.25) is 5.78 Å². The van der Waals surface area contributed by atoms with Crippen LogP contribution in [0.25, 0.3) is 6.08 Å². The van der Waals surface area contributed by atoms with Crippen molar-refractivity contribution in [2.45, 2.75) is 6.54 Å². The zero-order valence-corrected chi connectivity index (χ0v) is 17.0. The topological polar surface area (TPSA) is 86.5 Å². The second kappa shape index (κ2) is 8.87. The fourth-order valence-corrected chi connectivity index (χ4v) is 4.04. The smallest absolute Gasteiger partial charge is 0.231 e. The predicted molar refractivity (Wildman–Crippen MR) is 110 cm³/mol. The van der Waals surface area contributed by atoms with Gasteiger partial charge in [0.1, 0.15) is 18.0 Å². The lowest BCUT2D eigenvalue weighted by Crippen LogP contribution is -3.13. The summed E-state index contributed by atoms with van der Waals surface area (Å²) in [5, 5.41) is 21.7. The summed E-state index contributed by atoms with van der Waals surface area (Å²) in [5.74, 6) is 0.903. The number of nitrogens with one attached hydrogen (secondary N) is 1. The van der Waals surface area contributed by atoms with Gasteiger partial charge in [-0.25, -0.2) is 0 Å². The molecule has 2 aliphatic rings. The van der Waals surface area contributed by atoms with Crippen LogP contribution in [-0.4, -0.2) is 62.2 Å². The molecule has 2 heterocycles. The molecule has 2 aromatic carbocycles. The molecule has 2 aromatic rings. The quantitative estimate of drug-likeness (QED) is 0.656. The average molecular weight is 410 g/mol. The Balaban J connectivity index is 1.57. The molecule has 2 N–H and O–H groups in total. The molecule has 0 radical (unpaired) electrons. The van der Waals surface area contributed by atoms with E-state index in [0.29, 0.717) is 35.7 Å². The molecule has 30 heavy (non-hydrogen) atoms. The first kappa shape index (κ1) is 20.4. The van der Waals surface area contributed by atoms with Crippen molar-refractivity contribution in [1.29, 1.82) is 0 Å². The number of benzene rings is 2. The largest absolute Gasteiger partial charge is 0.872 e. The Hall–Kier alpha value is -2.87. The maximum absolute atomic E-state index is 12.9. The molecule has 7 nitrogen and oxygen atoms in total. The van der Waals surface area contributed by atoms with Crippen molar-refractivity contribution in [2.75, 3.05) is 46.4 Å². The van der Waals surface area contributed by atoms with Crippen LogP contribution in [0.1, 0.15) is 21.5 Å². The van der Waals surface area contributed by atoms with E-state index in [1.807, 2.05) is 24.3 Å². The molecule has 2 aliphatic heterocycles. The number of β-amino-alcohol motifs (C(OH)–C–C–N with tert-alkyl or cyclic N) is 1. The zero-order chi connectivity index (χ0) is 21.1. The minimum absolute atomic E-state index is 0.106. The highest BCUT2D eigenvalue weighted by Gasteiger charge is 2.32. The highest BCUT2D eigenvalue weighted by Crippen LogP contribution is 2.38. The van der Waals surface area contributed by atoms with Crippen LogP contribution >= 0.6 is 0 Å². The minimum Gasteiger partial charge on any atom is -0.872 e. The van der Waals surface area contributed by atoms with Gasteiger partial charge >= 0.3 is 0 Å². The highest BCUT2D eigenvalue weighted by molar-refractivity contribution is 6.15. The number of nitrogens with zero attached hydrogens (tertiary/aromatic N) is 1. The first-order chi connectivity index (χ1) is 14.6. The van der Waals surface area contributed by atoms with Crippen molar-refractivity contribution in [1.82, 2.24) is 4.90 Å². The standard InChI is InChI=1S/C23H26N2O5/c1-29-20-5-3-2-4-16(20)14-21-22(28)17-6-7-19(27)18(23(17)30-21)15-25-10-8-24(9-11-25)12-13-26/h2-7,14,26-27H,8-13,15H2,1H3/b21-14-. The summed E-state index contributed by atoms with van der Waals surface area (Å²) in [4.78, 5) is 16.4. The van der Waals surface area contributed by atoms with Crippen LogP contribution in [0.4, 0.5) is 0 Å². The van der Waals surface area contributed by atoms with Crippen molar-refractivity contribution in [3.63, 3.8) is 0 Å². The molecule has 7 heteroatoms. The fourth-order valence-electron chi connectivity index (χ4n) is 4.04. The van der Waals surface area contributed by atoms with E-state index >= 15 is 0 Å². The Morgan fingerprint density at radius 1 is 1.23 bits per heavy atom. The Bertz CT molecular complexity index is 964. The average Bonchev–Trinajstić information content (AvgIpc) is 3.07. The number of ether oxygens (including phenoxy) is 2. The lowest BCUT2D eigenvalue weighted by atomic mass is 10.0. The van der Waals surface area contributed by atoms with Crippen molar-refractivity contribution in [2.24, 2.45) is 0 Å². The van der Waals surface area contributed by atoms with Crippen LogP contribution < -0.4 is 19.5 Å². The number of piperazine rings is 1. The van der Waals surface area contributed by atoms with Gasteiger partial charge in [-0.1, -0.05) is 30.0 Å². The number of allylic oxidation sites excluding steroid dienone is 1. The number of quaternary nitrogens is 1. The van der Waals surface area contributed by atoms with Gasteiger partial charge in [-0.05, 0) is 18.2 Å². The van der Waals surface area contributed by atoms with Gasteiger partial charge < -0.3 is 24.6 Å². The molecule has 0 bridgehead atoms. The molecular weight excluding hydrogens is 384 g/mol. The van der Waals surface area contributed by atoms with Gasteiger partial charge in [0.15, 0.2) is 5.76 Å². The molecular formula is C23H26N2O5. The normalized spacial score (nSPS) is 18.5. The van der Waals surface area contributed by atoms with Gasteiger partial charge in [-0.2, -0.15) is 0 Å². The van der Waals surface area contributed by atoms with E-state index in [-0.39, 0.29) is 23.9 Å². The van der Waals surface area contributed by atoms with Gasteiger partial charge in [0.25, 0.3) is 0 Å². The third-order valence-electron chi connectivity index (χ3n) is 5.73. The number of aliphatic hydroxyl groups is 1. The second-order valence-electron chi connectivity index (χ2n) is 7.59. The highest BCUT2D eigenvalue weighted by atomic mass is 16.5. The van der Waals surface area contributed by atoms with Crippen molar-refractivity contribution in [3.05, 3.63) is 58.8 Å². The van der Waals surface area contributed by atoms with Crippen molar-refractivity contribution in [3.8, 4) is 17.2 Å². The van der Waals surface area contributed by atoms with Crippen LogP contribution in [0.5, 0.6) is 17.2 Å². The predicted octanol–water partition coefficient (Wildman–Crippen LogP) is 0.0778. The van der Waals surface area contributed by atoms with E-state index < -0.39 is 0 Å². The number of methoxy groups -OCH3 is 1. The summed E-state index contributed by atoms with van der Waals surface area (Å²) in [6.07, 6.45) is 1.66. The Morgan fingerprint density at radius 3 is 2.73 bits per heavy atom. The minimum atomic E-state index is -0.222. The maximum Gasteiger partial charge on any atom is 0.231 e. The second-order valence-corrected chi connectivity index (χ2v) is 7.59. The van der Waals surface area contributed by atoms with E-state index in [2.05, 4.69) is 4.90 Å². The van der Waals surface area contributed by atoms with Crippen LogP contribution in [-0.2, 0) is 6.54 Å². The number of carbonyl (C=O) groups excluding carboxylic acids is 1. The summed E-state index contributed by atoms with van der Waals surface area (Å²) in [6.45, 7) is 4.85. The van der Waals surface area contributed by atoms with Crippen molar-refractivity contribution >= 4 is 11.9 Å². The van der Waals surface area contributed by atoms with Gasteiger partial charge in [0, 0.05) is 30.8 Å². The maximum atomic E-state index is 12.9. The summed E-state index contributed by atoms with van der Waals surface area (Å²) in [6, 6.07) is 10.4. The molecule has 4 rings (SSSR count). The van der Waals surface area contributed by atoms with E-state index in [4.69, 9.17) is 14.6 Å². The van der Waals surface area contributed by atoms with Crippen LogP contribution in [0.3, 0.4) is 0 Å². The van der Waals surface area contributed by atoms with Crippen LogP contribution in [0, 0.1) is 0 Å². The Kier molecular flexibility index (Phi) is 6.03. The summed E-state index contributed by atoms with van der Waals surface area (Å²) < 4.78 is 11.3. The number of aliphatic hydroxyl groups excluding tert-OH is 1. The third-order valence-corrected chi connectivity index (χ3v) is 5.73. The van der Waals surface area contributed by atoms with E-state index in [9.17, 15) is 9.90 Å². The molecule has 1 fully saturated rings. The third kappa shape index (κ3) is 4.05. The van der Waals surface area contributed by atoms with Crippen LogP contribution in [0.2, 0.25) is 0 Å². The lowest BCUT2D eigenvalue weighted by molar-refractivity contribution is -0.918. The summed E-state index contributed by atoms with van der Waals surface area (Å²) in [7, 11) is 1.58. The Labute approximate surface area is 175 Å². The fraction of sp³-hybridized carbons (Fsp3) is 0.348.